The average Bonchev–Trinajstić information content (AvgIpc) is 2.13. The summed E-state index contributed by atoms with van der Waals surface area (Å²) < 4.78 is 5.68. The van der Waals surface area contributed by atoms with Crippen LogP contribution in [0, 0.1) is 19.3 Å². The fourth-order valence-corrected chi connectivity index (χ4v) is 1.22. The van der Waals surface area contributed by atoms with E-state index < -0.39 is 0 Å². The van der Waals surface area contributed by atoms with Gasteiger partial charge in [-0.2, -0.15) is 6.92 Å². The molecule has 1 rings (SSSR count). The summed E-state index contributed by atoms with van der Waals surface area (Å²) in [5.74, 6) is 2.02. The first kappa shape index (κ1) is 14.4. The van der Waals surface area contributed by atoms with Gasteiger partial charge < -0.3 is 17.5 Å². The first-order valence-electron chi connectivity index (χ1n) is 4.33. The van der Waals surface area contributed by atoms with Crippen LogP contribution in [0.25, 0.3) is 0 Å². The average molecular weight is 433 g/mol. The van der Waals surface area contributed by atoms with Gasteiger partial charge in [0.1, 0.15) is 0 Å². The molecule has 13 heavy (non-hydrogen) atoms. The molecular formula is C10H21LrNO-2. The summed E-state index contributed by atoms with van der Waals surface area (Å²) >= 11 is 0. The number of nitrogens with one attached hydrogen (secondary N) is 1. The Kier molecular flexibility index (Phi) is 7.15. The molecule has 0 bridgehead atoms. The van der Waals surface area contributed by atoms with E-state index in [2.05, 4.69) is 26.1 Å². The third-order valence-corrected chi connectivity index (χ3v) is 2.06. The Labute approximate surface area is 76.7 Å². The monoisotopic (exact) mass is 433 g/mol. The van der Waals surface area contributed by atoms with Gasteiger partial charge in [-0.1, -0.05) is 20.5 Å². The molecule has 0 saturated carbocycles. The summed E-state index contributed by atoms with van der Waals surface area (Å²) in [6, 6.07) is 0. The van der Waals surface area contributed by atoms with Crippen molar-refractivity contribution in [2.75, 3.05) is 19.7 Å². The summed E-state index contributed by atoms with van der Waals surface area (Å²) in [5, 5.41) is 3.37. The van der Waals surface area contributed by atoms with Gasteiger partial charge in [0.2, 0.25) is 0 Å². The number of rotatable bonds is 1. The van der Waals surface area contributed by atoms with Crippen molar-refractivity contribution in [1.82, 2.24) is 5.32 Å². The summed E-state index contributed by atoms with van der Waals surface area (Å²) in [6.45, 7) is 9.38. The van der Waals surface area contributed by atoms with Gasteiger partial charge in [0.15, 0.2) is 0 Å². The second-order valence-corrected chi connectivity index (χ2v) is 3.68. The molecule has 1 unspecified atom stereocenters. The molecule has 0 aromatic rings. The molecule has 0 aromatic carbocycles. The second-order valence-electron chi connectivity index (χ2n) is 3.68. The van der Waals surface area contributed by atoms with Crippen LogP contribution in [0.5, 0.6) is 0 Å². The topological polar surface area (TPSA) is 21.3 Å². The summed E-state index contributed by atoms with van der Waals surface area (Å²) in [7, 11) is 0. The van der Waals surface area contributed by atoms with E-state index in [4.69, 9.17) is 4.74 Å². The zero-order chi connectivity index (χ0) is 8.27. The van der Waals surface area contributed by atoms with Crippen molar-refractivity contribution >= 4 is 0 Å². The van der Waals surface area contributed by atoms with Crippen molar-refractivity contribution in [1.29, 1.82) is 0 Å². The van der Waals surface area contributed by atoms with Gasteiger partial charge in [-0.25, -0.2) is 0 Å². The Morgan fingerprint density at radius 2 is 2.08 bits per heavy atom. The van der Waals surface area contributed by atoms with Crippen LogP contribution in [0.15, 0.2) is 0 Å². The maximum absolute atomic E-state index is 5.68. The molecule has 0 spiro atoms. The molecule has 1 radical (unpaired) electrons. The molecule has 89 valence electrons. The van der Waals surface area contributed by atoms with Crippen molar-refractivity contribution in [2.24, 2.45) is 5.92 Å². The Balaban J connectivity index is 0. The molecule has 1 N–H and O–H groups in total. The van der Waals surface area contributed by atoms with Crippen LogP contribution in [0.1, 0.15) is 20.8 Å². The van der Waals surface area contributed by atoms with E-state index in [1.54, 1.807) is 0 Å². The normalized spacial score (nSPS) is 24.5. The van der Waals surface area contributed by atoms with Crippen LogP contribution in [-0.4, -0.2) is 25.8 Å². The van der Waals surface area contributed by atoms with Crippen LogP contribution in [0.4, 0.5) is 0 Å². The predicted molar refractivity (Wildman–Crippen MR) is 52.8 cm³/mol. The number of hydrogen-bond acceptors (Lipinski definition) is 2. The summed E-state index contributed by atoms with van der Waals surface area (Å²) in [5.41, 5.74) is 0. The molecule has 0 amide bonds. The standard InChI is InChI=1S/C9H18NO.CH3.Lr/c1-7(2)9-5-10-4-8(3)6-11-9;;/h7,9-10H,4-6H2,1-3H3;1H3;/q2*-1;. The van der Waals surface area contributed by atoms with Crippen molar-refractivity contribution in [3.8, 4) is 0 Å². The van der Waals surface area contributed by atoms with Crippen LogP contribution >= 0.6 is 0 Å². The zero-order valence-electron chi connectivity index (χ0n) is 8.94. The minimum absolute atomic E-state index is 0. The van der Waals surface area contributed by atoms with E-state index in [9.17, 15) is 0 Å². The summed E-state index contributed by atoms with van der Waals surface area (Å²) in [4.78, 5) is 0. The minimum Gasteiger partial charge on any atom is -0.408 e. The van der Waals surface area contributed by atoms with E-state index in [-0.39, 0.29) is 7.43 Å². The molecule has 1 aliphatic heterocycles. The molecular weight excluding hydrogens is 412 g/mol. The van der Waals surface area contributed by atoms with E-state index in [1.807, 2.05) is 0 Å². The van der Waals surface area contributed by atoms with Crippen LogP contribution in [-0.2, 0) is 4.74 Å². The fourth-order valence-electron chi connectivity index (χ4n) is 1.22. The smallest absolute Gasteiger partial charge is 0.0685 e. The number of hydrogen-bond donors (Lipinski definition) is 1. The first-order chi connectivity index (χ1) is 5.20. The molecule has 0 aliphatic carbocycles. The Morgan fingerprint density at radius 3 is 2.62 bits per heavy atom. The van der Waals surface area contributed by atoms with Gasteiger partial charge >= 0.3 is 0 Å². The van der Waals surface area contributed by atoms with Crippen LogP contribution < -0.4 is 5.32 Å². The molecule has 1 fully saturated rings. The third-order valence-electron chi connectivity index (χ3n) is 2.06. The van der Waals surface area contributed by atoms with E-state index >= 15 is 0 Å². The number of ether oxygens (including phenoxy) is 1. The molecule has 1 atom stereocenters. The van der Waals surface area contributed by atoms with Gasteiger partial charge in [-0.05, 0) is 5.92 Å². The van der Waals surface area contributed by atoms with Crippen LogP contribution in [0.2, 0.25) is 0 Å². The van der Waals surface area contributed by atoms with Gasteiger partial charge in [0, 0.05) is 6.54 Å². The van der Waals surface area contributed by atoms with Gasteiger partial charge in [-0.15, -0.1) is 6.54 Å². The van der Waals surface area contributed by atoms with E-state index in [0.717, 1.165) is 19.7 Å². The van der Waals surface area contributed by atoms with Crippen molar-refractivity contribution in [3.05, 3.63) is 13.3 Å². The SMILES string of the molecule is C[C-]1CNCC(C(C)C)OC1.[CH3-].[Lr]. The molecule has 0 aromatic heterocycles. The maximum atomic E-state index is 5.68. The van der Waals surface area contributed by atoms with Crippen molar-refractivity contribution < 1.29 is 4.74 Å². The maximum Gasteiger partial charge on any atom is 0.0685 e. The molecule has 1 saturated heterocycles. The van der Waals surface area contributed by atoms with Gasteiger partial charge in [0.05, 0.1) is 6.10 Å². The van der Waals surface area contributed by atoms with Crippen molar-refractivity contribution in [3.63, 3.8) is 0 Å². The van der Waals surface area contributed by atoms with E-state index in [0.29, 0.717) is 12.0 Å². The zero-order valence-corrected chi connectivity index (χ0v) is 11.1. The fraction of sp³-hybridized carbons (Fsp3) is 0.800. The molecule has 3 heteroatoms. The first-order valence-corrected chi connectivity index (χ1v) is 4.33. The van der Waals surface area contributed by atoms with Gasteiger partial charge in [-0.3, -0.25) is 5.92 Å². The largest absolute Gasteiger partial charge is 0.408 e. The second kappa shape index (κ2) is 6.44. The Bertz CT molecular complexity index is 119. The quantitative estimate of drug-likeness (QED) is 0.636. The Hall–Kier alpha value is -1.08. The molecule has 2 nitrogen and oxygen atoms in total. The minimum atomic E-state index is 0. The third kappa shape index (κ3) is 4.48. The van der Waals surface area contributed by atoms with Gasteiger partial charge in [0.25, 0.3) is 0 Å². The predicted octanol–water partition coefficient (Wildman–Crippen LogP) is 1.68. The Morgan fingerprint density at radius 1 is 1.46 bits per heavy atom. The molecule has 1 aliphatic rings. The van der Waals surface area contributed by atoms with E-state index in [1.165, 1.54) is 5.92 Å². The molecule has 1 heterocycles. The van der Waals surface area contributed by atoms with Crippen LogP contribution in [0.3, 0.4) is 0 Å². The summed E-state index contributed by atoms with van der Waals surface area (Å²) in [6.07, 6.45) is 0.396. The van der Waals surface area contributed by atoms with Crippen molar-refractivity contribution in [2.45, 2.75) is 26.9 Å².